The summed E-state index contributed by atoms with van der Waals surface area (Å²) in [5.74, 6) is -0.805. The predicted octanol–water partition coefficient (Wildman–Crippen LogP) is 1.34. The molecule has 0 radical (unpaired) electrons. The normalized spacial score (nSPS) is 12.5. The number of nitro groups is 1. The third-order valence-corrected chi connectivity index (χ3v) is 1.87. The molecule has 1 aromatic rings. The van der Waals surface area contributed by atoms with Crippen LogP contribution in [-0.4, -0.2) is 4.92 Å². The van der Waals surface area contributed by atoms with Crippen molar-refractivity contribution in [3.63, 3.8) is 0 Å². The van der Waals surface area contributed by atoms with Crippen molar-refractivity contribution in [1.29, 1.82) is 0 Å². The van der Waals surface area contributed by atoms with Crippen LogP contribution in [0.2, 0.25) is 0 Å². The van der Waals surface area contributed by atoms with E-state index in [1.54, 1.807) is 6.92 Å². The Morgan fingerprint density at radius 1 is 1.57 bits per heavy atom. The van der Waals surface area contributed by atoms with E-state index in [0.29, 0.717) is 0 Å². The van der Waals surface area contributed by atoms with E-state index in [9.17, 15) is 14.5 Å². The summed E-state index contributed by atoms with van der Waals surface area (Å²) in [5, 5.41) is 10.6. The predicted molar refractivity (Wildman–Crippen MR) is 50.1 cm³/mol. The summed E-state index contributed by atoms with van der Waals surface area (Å²) in [7, 11) is 0. The molecule has 0 aromatic heterocycles. The quantitative estimate of drug-likeness (QED) is 0.426. The standard InChI is InChI=1S/C8H10FN3O2/c1-4(10)5-2-3-6(9)7(11)8(5)12(13)14/h2-4H,10-11H2,1H3. The van der Waals surface area contributed by atoms with Gasteiger partial charge in [-0.1, -0.05) is 0 Å². The van der Waals surface area contributed by atoms with Gasteiger partial charge in [-0.15, -0.1) is 0 Å². The van der Waals surface area contributed by atoms with Gasteiger partial charge in [0.25, 0.3) is 5.69 Å². The van der Waals surface area contributed by atoms with Crippen molar-refractivity contribution in [3.05, 3.63) is 33.6 Å². The molecule has 1 aromatic carbocycles. The van der Waals surface area contributed by atoms with Crippen LogP contribution in [-0.2, 0) is 0 Å². The number of nitro benzene ring substituents is 1. The molecule has 5 nitrogen and oxygen atoms in total. The van der Waals surface area contributed by atoms with Crippen LogP contribution in [0.15, 0.2) is 12.1 Å². The van der Waals surface area contributed by atoms with Gasteiger partial charge in [0.15, 0.2) is 5.82 Å². The fraction of sp³-hybridized carbons (Fsp3) is 0.250. The van der Waals surface area contributed by atoms with Gasteiger partial charge in [-0.2, -0.15) is 0 Å². The fourth-order valence-corrected chi connectivity index (χ4v) is 1.17. The van der Waals surface area contributed by atoms with Crippen molar-refractivity contribution < 1.29 is 9.31 Å². The SMILES string of the molecule is CC(N)c1ccc(F)c(N)c1[N+](=O)[O-]. The molecule has 0 amide bonds. The Labute approximate surface area is 79.7 Å². The first-order valence-corrected chi connectivity index (χ1v) is 3.93. The van der Waals surface area contributed by atoms with Gasteiger partial charge in [-0.25, -0.2) is 4.39 Å². The molecule has 4 N–H and O–H groups in total. The minimum Gasteiger partial charge on any atom is -0.391 e. The van der Waals surface area contributed by atoms with Crippen LogP contribution in [0.4, 0.5) is 15.8 Å². The van der Waals surface area contributed by atoms with Crippen LogP contribution in [0.3, 0.4) is 0 Å². The summed E-state index contributed by atoms with van der Waals surface area (Å²) in [4.78, 5) is 9.88. The van der Waals surface area contributed by atoms with Crippen LogP contribution >= 0.6 is 0 Å². The number of hydrogen-bond donors (Lipinski definition) is 2. The van der Waals surface area contributed by atoms with Gasteiger partial charge in [0.2, 0.25) is 0 Å². The zero-order valence-electron chi connectivity index (χ0n) is 7.53. The summed E-state index contributed by atoms with van der Waals surface area (Å²) in [6, 6.07) is 1.79. The maximum Gasteiger partial charge on any atom is 0.299 e. The molecule has 76 valence electrons. The van der Waals surface area contributed by atoms with Crippen molar-refractivity contribution in [1.82, 2.24) is 0 Å². The van der Waals surface area contributed by atoms with Crippen LogP contribution in [0.25, 0.3) is 0 Å². The molecule has 0 heterocycles. The minimum atomic E-state index is -0.805. The average Bonchev–Trinajstić information content (AvgIpc) is 2.08. The van der Waals surface area contributed by atoms with Gasteiger partial charge in [0.05, 0.1) is 4.92 Å². The van der Waals surface area contributed by atoms with Crippen molar-refractivity contribution >= 4 is 11.4 Å². The lowest BCUT2D eigenvalue weighted by Gasteiger charge is -2.08. The maximum atomic E-state index is 12.9. The molecular weight excluding hydrogens is 189 g/mol. The molecule has 0 aliphatic heterocycles. The van der Waals surface area contributed by atoms with Gasteiger partial charge >= 0.3 is 0 Å². The third-order valence-electron chi connectivity index (χ3n) is 1.87. The van der Waals surface area contributed by atoms with E-state index in [0.717, 1.165) is 6.07 Å². The molecule has 6 heteroatoms. The minimum absolute atomic E-state index is 0.230. The highest BCUT2D eigenvalue weighted by Crippen LogP contribution is 2.31. The molecule has 0 fully saturated rings. The van der Waals surface area contributed by atoms with E-state index >= 15 is 0 Å². The highest BCUT2D eigenvalue weighted by Gasteiger charge is 2.23. The van der Waals surface area contributed by atoms with E-state index in [-0.39, 0.29) is 5.56 Å². The molecule has 14 heavy (non-hydrogen) atoms. The number of nitrogens with zero attached hydrogens (tertiary/aromatic N) is 1. The lowest BCUT2D eigenvalue weighted by Crippen LogP contribution is -2.10. The second-order valence-electron chi connectivity index (χ2n) is 2.94. The Balaban J connectivity index is 3.45. The lowest BCUT2D eigenvalue weighted by molar-refractivity contribution is -0.384. The summed E-state index contributed by atoms with van der Waals surface area (Å²) in [6.45, 7) is 1.57. The number of nitrogens with two attached hydrogens (primary N) is 2. The fourth-order valence-electron chi connectivity index (χ4n) is 1.17. The van der Waals surface area contributed by atoms with Crippen molar-refractivity contribution in [3.8, 4) is 0 Å². The molecule has 0 aliphatic rings. The van der Waals surface area contributed by atoms with E-state index in [1.165, 1.54) is 6.07 Å². The third kappa shape index (κ3) is 1.64. The first-order valence-electron chi connectivity index (χ1n) is 3.93. The average molecular weight is 199 g/mol. The topological polar surface area (TPSA) is 95.2 Å². The highest BCUT2D eigenvalue weighted by atomic mass is 19.1. The summed E-state index contributed by atoms with van der Waals surface area (Å²) in [5.41, 5.74) is 10.1. The van der Waals surface area contributed by atoms with Crippen molar-refractivity contribution in [2.24, 2.45) is 5.73 Å². The monoisotopic (exact) mass is 199 g/mol. The molecule has 0 aliphatic carbocycles. The smallest absolute Gasteiger partial charge is 0.299 e. The first kappa shape index (κ1) is 10.4. The molecule has 0 bridgehead atoms. The van der Waals surface area contributed by atoms with Crippen LogP contribution in [0, 0.1) is 15.9 Å². The van der Waals surface area contributed by atoms with Gasteiger partial charge < -0.3 is 11.5 Å². The molecule has 1 unspecified atom stereocenters. The molecule has 1 rings (SSSR count). The van der Waals surface area contributed by atoms with Crippen LogP contribution in [0.1, 0.15) is 18.5 Å². The van der Waals surface area contributed by atoms with Gasteiger partial charge in [-0.3, -0.25) is 10.1 Å². The van der Waals surface area contributed by atoms with Crippen LogP contribution in [0.5, 0.6) is 0 Å². The number of hydrogen-bond acceptors (Lipinski definition) is 4. The Morgan fingerprint density at radius 3 is 2.57 bits per heavy atom. The zero-order chi connectivity index (χ0) is 10.9. The molecular formula is C8H10FN3O2. The van der Waals surface area contributed by atoms with Gasteiger partial charge in [0.1, 0.15) is 5.69 Å². The summed E-state index contributed by atoms with van der Waals surface area (Å²) >= 11 is 0. The lowest BCUT2D eigenvalue weighted by atomic mass is 10.1. The van der Waals surface area contributed by atoms with E-state index < -0.39 is 28.2 Å². The van der Waals surface area contributed by atoms with Gasteiger partial charge in [0, 0.05) is 11.6 Å². The van der Waals surface area contributed by atoms with Crippen LogP contribution < -0.4 is 11.5 Å². The number of rotatable bonds is 2. The summed E-state index contributed by atoms with van der Waals surface area (Å²) in [6.07, 6.45) is 0. The zero-order valence-corrected chi connectivity index (χ0v) is 7.53. The molecule has 0 saturated carbocycles. The first-order chi connectivity index (χ1) is 6.45. The number of benzene rings is 1. The second-order valence-corrected chi connectivity index (χ2v) is 2.94. The molecule has 1 atom stereocenters. The van der Waals surface area contributed by atoms with E-state index in [1.807, 2.05) is 0 Å². The van der Waals surface area contributed by atoms with Crippen molar-refractivity contribution in [2.45, 2.75) is 13.0 Å². The second kappa shape index (κ2) is 3.59. The largest absolute Gasteiger partial charge is 0.391 e. The maximum absolute atomic E-state index is 12.9. The van der Waals surface area contributed by atoms with E-state index in [4.69, 9.17) is 11.5 Å². The number of halogens is 1. The Bertz CT molecular complexity index is 379. The van der Waals surface area contributed by atoms with Crippen molar-refractivity contribution in [2.75, 3.05) is 5.73 Å². The van der Waals surface area contributed by atoms with Gasteiger partial charge in [-0.05, 0) is 19.1 Å². The number of nitrogen functional groups attached to an aromatic ring is 1. The van der Waals surface area contributed by atoms with E-state index in [2.05, 4.69) is 0 Å². The molecule has 0 spiro atoms. The highest BCUT2D eigenvalue weighted by molar-refractivity contribution is 5.63. The Hall–Kier alpha value is -1.69. The summed E-state index contributed by atoms with van der Waals surface area (Å²) < 4.78 is 12.9. The Morgan fingerprint density at radius 2 is 2.14 bits per heavy atom. The number of anilines is 1. The molecule has 0 saturated heterocycles. The Kier molecular flexibility index (Phi) is 2.66.